The number of aromatic amines is 1. The van der Waals surface area contributed by atoms with Crippen LogP contribution in [0.2, 0.25) is 0 Å². The smallest absolute Gasteiger partial charge is 0.230 e. The molecule has 0 saturated carbocycles. The van der Waals surface area contributed by atoms with Gasteiger partial charge in [0.1, 0.15) is 5.01 Å². The van der Waals surface area contributed by atoms with Gasteiger partial charge in [-0.25, -0.2) is 0 Å². The third-order valence-corrected chi connectivity index (χ3v) is 3.89. The summed E-state index contributed by atoms with van der Waals surface area (Å²) in [5.41, 5.74) is 3.11. The molecule has 3 aromatic rings. The lowest BCUT2D eigenvalue weighted by Crippen LogP contribution is -2.14. The minimum Gasteiger partial charge on any atom is -0.358 e. The lowest BCUT2D eigenvalue weighted by Gasteiger charge is -2.02. The first-order valence-corrected chi connectivity index (χ1v) is 7.11. The van der Waals surface area contributed by atoms with Crippen molar-refractivity contribution in [2.24, 2.45) is 0 Å². The van der Waals surface area contributed by atoms with Crippen molar-refractivity contribution in [2.75, 3.05) is 5.32 Å². The summed E-state index contributed by atoms with van der Waals surface area (Å²) in [7, 11) is 0. The second-order valence-electron chi connectivity index (χ2n) is 4.63. The van der Waals surface area contributed by atoms with Crippen molar-refractivity contribution in [3.05, 3.63) is 40.5 Å². The molecule has 0 atom stereocenters. The molecule has 0 aliphatic carbocycles. The number of hydrogen-bond donors (Lipinski definition) is 2. The number of hydrogen-bond acceptors (Lipinski definition) is 4. The lowest BCUT2D eigenvalue weighted by atomic mass is 10.1. The minimum atomic E-state index is -0.0750. The van der Waals surface area contributed by atoms with E-state index in [1.54, 1.807) is 0 Å². The van der Waals surface area contributed by atoms with Gasteiger partial charge in [0, 0.05) is 16.6 Å². The van der Waals surface area contributed by atoms with Crippen LogP contribution in [0.15, 0.2) is 24.3 Å². The predicted molar refractivity (Wildman–Crippen MR) is 80.0 cm³/mol. The van der Waals surface area contributed by atoms with Crippen molar-refractivity contribution in [1.82, 2.24) is 15.2 Å². The van der Waals surface area contributed by atoms with Gasteiger partial charge in [0.2, 0.25) is 11.0 Å². The summed E-state index contributed by atoms with van der Waals surface area (Å²) in [4.78, 5) is 15.4. The van der Waals surface area contributed by atoms with Crippen LogP contribution in [0, 0.1) is 13.8 Å². The molecule has 20 heavy (non-hydrogen) atoms. The largest absolute Gasteiger partial charge is 0.358 e. The molecule has 0 aliphatic rings. The Balaban J connectivity index is 1.82. The average Bonchev–Trinajstić information content (AvgIpc) is 2.94. The molecular weight excluding hydrogens is 272 g/mol. The van der Waals surface area contributed by atoms with Crippen molar-refractivity contribution in [1.29, 1.82) is 0 Å². The number of rotatable bonds is 3. The molecule has 0 radical (unpaired) electrons. The van der Waals surface area contributed by atoms with Gasteiger partial charge in [-0.15, -0.1) is 10.2 Å². The maximum Gasteiger partial charge on any atom is 0.230 e. The Labute approximate surface area is 120 Å². The first kappa shape index (κ1) is 12.8. The number of H-pyrrole nitrogens is 1. The summed E-state index contributed by atoms with van der Waals surface area (Å²) >= 11 is 1.37. The third-order valence-electron chi connectivity index (χ3n) is 3.14. The molecule has 5 nitrogen and oxygen atoms in total. The van der Waals surface area contributed by atoms with Crippen LogP contribution in [0.4, 0.5) is 5.13 Å². The van der Waals surface area contributed by atoms with Crippen molar-refractivity contribution in [3.8, 4) is 0 Å². The van der Waals surface area contributed by atoms with E-state index in [9.17, 15) is 4.79 Å². The highest BCUT2D eigenvalue weighted by molar-refractivity contribution is 7.15. The van der Waals surface area contributed by atoms with Crippen molar-refractivity contribution < 1.29 is 4.79 Å². The second-order valence-corrected chi connectivity index (χ2v) is 5.81. The molecule has 1 aromatic carbocycles. The Kier molecular flexibility index (Phi) is 3.23. The van der Waals surface area contributed by atoms with Crippen LogP contribution in [0.25, 0.3) is 10.9 Å². The molecule has 0 saturated heterocycles. The normalized spacial score (nSPS) is 10.9. The fourth-order valence-corrected chi connectivity index (χ4v) is 2.84. The zero-order valence-electron chi connectivity index (χ0n) is 11.2. The molecule has 6 heteroatoms. The predicted octanol–water partition coefficient (Wildman–Crippen LogP) is 2.82. The highest BCUT2D eigenvalue weighted by atomic mass is 32.1. The number of aromatic nitrogens is 3. The van der Waals surface area contributed by atoms with E-state index in [4.69, 9.17) is 0 Å². The van der Waals surface area contributed by atoms with E-state index in [-0.39, 0.29) is 5.91 Å². The van der Waals surface area contributed by atoms with E-state index in [1.807, 2.05) is 38.1 Å². The van der Waals surface area contributed by atoms with Gasteiger partial charge in [0.15, 0.2) is 0 Å². The number of benzene rings is 1. The summed E-state index contributed by atoms with van der Waals surface area (Å²) in [6.45, 7) is 3.84. The first-order valence-electron chi connectivity index (χ1n) is 6.29. The zero-order valence-corrected chi connectivity index (χ0v) is 12.0. The van der Waals surface area contributed by atoms with Crippen LogP contribution >= 0.6 is 11.3 Å². The van der Waals surface area contributed by atoms with Crippen molar-refractivity contribution in [2.45, 2.75) is 20.3 Å². The number of nitrogens with zero attached hydrogens (tertiary/aromatic N) is 2. The van der Waals surface area contributed by atoms with Gasteiger partial charge in [0.05, 0.1) is 6.42 Å². The van der Waals surface area contributed by atoms with Gasteiger partial charge < -0.3 is 10.3 Å². The molecule has 0 bridgehead atoms. The number of aryl methyl sites for hydroxylation is 2. The standard InChI is InChI=1S/C14H14N4OS/c1-8-11(10-5-3-4-6-12(10)15-8)7-13(19)16-14-18-17-9(2)20-14/h3-6,15H,7H2,1-2H3,(H,16,18,19). The molecular formula is C14H14N4OS. The Bertz CT molecular complexity index is 774. The highest BCUT2D eigenvalue weighted by Crippen LogP contribution is 2.23. The van der Waals surface area contributed by atoms with Crippen LogP contribution in [-0.4, -0.2) is 21.1 Å². The van der Waals surface area contributed by atoms with E-state index in [2.05, 4.69) is 20.5 Å². The quantitative estimate of drug-likeness (QED) is 0.777. The summed E-state index contributed by atoms with van der Waals surface area (Å²) in [5, 5.41) is 13.0. The zero-order chi connectivity index (χ0) is 14.1. The third kappa shape index (κ3) is 2.42. The molecule has 0 unspecified atom stereocenters. The SMILES string of the molecule is Cc1nnc(NC(=O)Cc2c(C)[nH]c3ccccc23)s1. The van der Waals surface area contributed by atoms with E-state index in [1.165, 1.54) is 11.3 Å². The lowest BCUT2D eigenvalue weighted by molar-refractivity contribution is -0.115. The van der Waals surface area contributed by atoms with Crippen LogP contribution in [0.5, 0.6) is 0 Å². The highest BCUT2D eigenvalue weighted by Gasteiger charge is 2.13. The number of anilines is 1. The Morgan fingerprint density at radius 1 is 1.30 bits per heavy atom. The maximum absolute atomic E-state index is 12.1. The van der Waals surface area contributed by atoms with Crippen LogP contribution in [-0.2, 0) is 11.2 Å². The van der Waals surface area contributed by atoms with E-state index < -0.39 is 0 Å². The van der Waals surface area contributed by atoms with Crippen LogP contribution in [0.3, 0.4) is 0 Å². The minimum absolute atomic E-state index is 0.0750. The van der Waals surface area contributed by atoms with Crippen molar-refractivity contribution >= 4 is 33.3 Å². The Hall–Kier alpha value is -2.21. The van der Waals surface area contributed by atoms with Gasteiger partial charge in [-0.2, -0.15) is 0 Å². The Morgan fingerprint density at radius 2 is 2.10 bits per heavy atom. The topological polar surface area (TPSA) is 70.7 Å². The number of nitrogens with one attached hydrogen (secondary N) is 2. The van der Waals surface area contributed by atoms with E-state index in [0.717, 1.165) is 27.2 Å². The first-order chi connectivity index (χ1) is 9.63. The number of amides is 1. The second kappa shape index (κ2) is 5.05. The number of fused-ring (bicyclic) bond motifs is 1. The molecule has 0 spiro atoms. The summed E-state index contributed by atoms with van der Waals surface area (Å²) < 4.78 is 0. The van der Waals surface area contributed by atoms with E-state index in [0.29, 0.717) is 11.6 Å². The maximum atomic E-state index is 12.1. The fraction of sp³-hybridized carbons (Fsp3) is 0.214. The molecule has 0 aliphatic heterocycles. The number of carbonyl (C=O) groups is 1. The molecule has 2 heterocycles. The van der Waals surface area contributed by atoms with E-state index >= 15 is 0 Å². The molecule has 3 rings (SSSR count). The summed E-state index contributed by atoms with van der Waals surface area (Å²) in [6.07, 6.45) is 0.328. The summed E-state index contributed by atoms with van der Waals surface area (Å²) in [5.74, 6) is -0.0750. The van der Waals surface area contributed by atoms with Gasteiger partial charge in [-0.3, -0.25) is 4.79 Å². The Morgan fingerprint density at radius 3 is 2.85 bits per heavy atom. The van der Waals surface area contributed by atoms with Gasteiger partial charge >= 0.3 is 0 Å². The molecule has 0 fully saturated rings. The monoisotopic (exact) mass is 286 g/mol. The molecule has 102 valence electrons. The summed E-state index contributed by atoms with van der Waals surface area (Å²) in [6, 6.07) is 7.99. The fourth-order valence-electron chi connectivity index (χ4n) is 2.23. The average molecular weight is 286 g/mol. The molecule has 2 N–H and O–H groups in total. The van der Waals surface area contributed by atoms with Gasteiger partial charge in [0.25, 0.3) is 0 Å². The molecule has 1 amide bonds. The number of carbonyl (C=O) groups excluding carboxylic acids is 1. The van der Waals surface area contributed by atoms with Gasteiger partial charge in [-0.05, 0) is 25.5 Å². The van der Waals surface area contributed by atoms with Crippen LogP contribution < -0.4 is 5.32 Å². The van der Waals surface area contributed by atoms with Gasteiger partial charge in [-0.1, -0.05) is 29.5 Å². The molecule has 2 aromatic heterocycles. The van der Waals surface area contributed by atoms with Crippen LogP contribution in [0.1, 0.15) is 16.3 Å². The van der Waals surface area contributed by atoms with Crippen molar-refractivity contribution in [3.63, 3.8) is 0 Å². The number of para-hydroxylation sites is 1.